The van der Waals surface area contributed by atoms with Gasteiger partial charge in [-0.25, -0.2) is 0 Å². The summed E-state index contributed by atoms with van der Waals surface area (Å²) in [5.41, 5.74) is 0.328. The van der Waals surface area contributed by atoms with Gasteiger partial charge in [0.05, 0.1) is 11.4 Å². The largest absolute Gasteiger partial charge is 0.435 e. The molecule has 0 aliphatic carbocycles. The van der Waals surface area contributed by atoms with Gasteiger partial charge in [0.2, 0.25) is 11.7 Å². The Kier molecular flexibility index (Phi) is 5.81. The summed E-state index contributed by atoms with van der Waals surface area (Å²) in [6, 6.07) is 9.73. The van der Waals surface area contributed by atoms with Crippen molar-refractivity contribution in [2.24, 2.45) is 0 Å². The van der Waals surface area contributed by atoms with Crippen molar-refractivity contribution >= 4 is 17.2 Å². The first-order chi connectivity index (χ1) is 14.1. The molecule has 10 heteroatoms. The number of halogens is 2. The summed E-state index contributed by atoms with van der Waals surface area (Å²) in [5.74, 6) is 0.879. The lowest BCUT2D eigenvalue weighted by molar-refractivity contribution is -0.0499. The van der Waals surface area contributed by atoms with Gasteiger partial charge in [0.1, 0.15) is 5.75 Å². The Morgan fingerprint density at radius 1 is 1.21 bits per heavy atom. The van der Waals surface area contributed by atoms with Crippen LogP contribution in [0.5, 0.6) is 5.75 Å². The zero-order chi connectivity index (χ0) is 20.2. The van der Waals surface area contributed by atoms with Gasteiger partial charge in [-0.05, 0) is 29.6 Å². The number of amides is 1. The fourth-order valence-corrected chi connectivity index (χ4v) is 3.76. The van der Waals surface area contributed by atoms with Crippen molar-refractivity contribution in [1.29, 1.82) is 0 Å². The molecule has 4 rings (SSSR count). The third-order valence-corrected chi connectivity index (χ3v) is 5.40. The molecule has 0 unspecified atom stereocenters. The predicted molar refractivity (Wildman–Crippen MR) is 102 cm³/mol. The number of hydrogen-bond acceptors (Lipinski definition) is 7. The van der Waals surface area contributed by atoms with Gasteiger partial charge in [0, 0.05) is 31.7 Å². The number of aromatic nitrogens is 2. The highest BCUT2D eigenvalue weighted by molar-refractivity contribution is 7.13. The first-order valence-electron chi connectivity index (χ1n) is 9.01. The summed E-state index contributed by atoms with van der Waals surface area (Å²) in [6.07, 6.45) is 0. The molecular weight excluding hydrogens is 402 g/mol. The fourth-order valence-electron chi connectivity index (χ4n) is 3.11. The van der Waals surface area contributed by atoms with E-state index < -0.39 is 6.61 Å². The van der Waals surface area contributed by atoms with Gasteiger partial charge >= 0.3 is 6.61 Å². The van der Waals surface area contributed by atoms with E-state index in [1.54, 1.807) is 22.3 Å². The summed E-state index contributed by atoms with van der Waals surface area (Å²) in [4.78, 5) is 21.9. The Morgan fingerprint density at radius 2 is 2.03 bits per heavy atom. The highest BCUT2D eigenvalue weighted by Crippen LogP contribution is 2.22. The molecule has 0 bridgehead atoms. The van der Waals surface area contributed by atoms with Gasteiger partial charge in [0.25, 0.3) is 5.91 Å². The topological polar surface area (TPSA) is 71.7 Å². The van der Waals surface area contributed by atoms with Crippen LogP contribution in [0.2, 0.25) is 0 Å². The smallest absolute Gasteiger partial charge is 0.387 e. The van der Waals surface area contributed by atoms with Crippen molar-refractivity contribution in [3.63, 3.8) is 0 Å². The molecule has 1 fully saturated rings. The van der Waals surface area contributed by atoms with E-state index in [0.29, 0.717) is 50.0 Å². The lowest BCUT2D eigenvalue weighted by atomic mass is 10.1. The first-order valence-corrected chi connectivity index (χ1v) is 9.89. The number of carbonyl (C=O) groups is 1. The van der Waals surface area contributed by atoms with Gasteiger partial charge in [-0.3, -0.25) is 9.69 Å². The van der Waals surface area contributed by atoms with E-state index in [0.717, 1.165) is 4.88 Å². The fraction of sp³-hybridized carbons (Fsp3) is 0.316. The maximum Gasteiger partial charge on any atom is 0.387 e. The average molecular weight is 420 g/mol. The monoisotopic (exact) mass is 420 g/mol. The molecule has 3 heterocycles. The van der Waals surface area contributed by atoms with Crippen LogP contribution in [0, 0.1) is 0 Å². The summed E-state index contributed by atoms with van der Waals surface area (Å²) >= 11 is 1.55. The lowest BCUT2D eigenvalue weighted by Crippen LogP contribution is -2.48. The third kappa shape index (κ3) is 4.77. The van der Waals surface area contributed by atoms with Gasteiger partial charge in [-0.2, -0.15) is 13.8 Å². The molecule has 3 aromatic rings. The minimum Gasteiger partial charge on any atom is -0.435 e. The Balaban J connectivity index is 1.32. The summed E-state index contributed by atoms with van der Waals surface area (Å²) < 4.78 is 34.4. The molecular formula is C19H18F2N4O3S. The van der Waals surface area contributed by atoms with E-state index >= 15 is 0 Å². The number of benzene rings is 1. The van der Waals surface area contributed by atoms with Crippen molar-refractivity contribution < 1.29 is 22.8 Å². The quantitative estimate of drug-likeness (QED) is 0.609. The van der Waals surface area contributed by atoms with E-state index in [1.807, 2.05) is 17.5 Å². The van der Waals surface area contributed by atoms with Crippen molar-refractivity contribution in [2.75, 3.05) is 26.2 Å². The molecule has 1 aromatic carbocycles. The third-order valence-electron chi connectivity index (χ3n) is 4.53. The molecule has 1 aliphatic rings. The van der Waals surface area contributed by atoms with Crippen LogP contribution in [-0.4, -0.2) is 58.6 Å². The molecule has 1 amide bonds. The minimum absolute atomic E-state index is 0.0255. The average Bonchev–Trinajstić information content (AvgIpc) is 3.39. The molecule has 1 saturated heterocycles. The number of alkyl halides is 2. The van der Waals surface area contributed by atoms with Gasteiger partial charge in [-0.15, -0.1) is 11.3 Å². The predicted octanol–water partition coefficient (Wildman–Crippen LogP) is 3.36. The number of piperazine rings is 1. The van der Waals surface area contributed by atoms with E-state index in [2.05, 4.69) is 19.8 Å². The van der Waals surface area contributed by atoms with Crippen LogP contribution in [0.25, 0.3) is 10.7 Å². The summed E-state index contributed by atoms with van der Waals surface area (Å²) in [6.45, 7) is -0.0762. The Hall–Kier alpha value is -2.85. The van der Waals surface area contributed by atoms with Crippen LogP contribution in [0.1, 0.15) is 16.2 Å². The summed E-state index contributed by atoms with van der Waals surface area (Å²) in [5, 5.41) is 5.96. The van der Waals surface area contributed by atoms with Crippen molar-refractivity contribution in [3.8, 4) is 16.5 Å². The number of thiophene rings is 1. The number of hydrogen-bond donors (Lipinski definition) is 0. The molecule has 0 spiro atoms. The van der Waals surface area contributed by atoms with E-state index in [4.69, 9.17) is 4.52 Å². The number of nitrogens with zero attached hydrogens (tertiary/aromatic N) is 4. The van der Waals surface area contributed by atoms with Crippen LogP contribution >= 0.6 is 11.3 Å². The second-order valence-corrected chi connectivity index (χ2v) is 7.41. The number of carbonyl (C=O) groups excluding carboxylic acids is 1. The molecule has 1 aliphatic heterocycles. The molecule has 0 N–H and O–H groups in total. The molecule has 0 saturated carbocycles. The molecule has 7 nitrogen and oxygen atoms in total. The van der Waals surface area contributed by atoms with Crippen molar-refractivity contribution in [1.82, 2.24) is 19.9 Å². The second kappa shape index (κ2) is 8.66. The van der Waals surface area contributed by atoms with E-state index in [9.17, 15) is 13.6 Å². The molecule has 152 valence electrons. The SMILES string of the molecule is O=C(c1cccc(OC(F)F)c1)N1CCN(Cc2nc(-c3cccs3)no2)CC1. The highest BCUT2D eigenvalue weighted by atomic mass is 32.1. The maximum atomic E-state index is 12.7. The van der Waals surface area contributed by atoms with Crippen LogP contribution in [0.4, 0.5) is 8.78 Å². The number of ether oxygens (including phenoxy) is 1. The Morgan fingerprint density at radius 3 is 2.76 bits per heavy atom. The van der Waals surface area contributed by atoms with Gasteiger partial charge in [-0.1, -0.05) is 17.3 Å². The standard InChI is InChI=1S/C19H18F2N4O3S/c20-19(21)27-14-4-1-3-13(11-14)18(26)25-8-6-24(7-9-25)12-16-22-17(23-28-16)15-5-2-10-29-15/h1-5,10-11,19H,6-9,12H2. The van der Waals surface area contributed by atoms with E-state index in [-0.39, 0.29) is 11.7 Å². The van der Waals surface area contributed by atoms with Crippen LogP contribution < -0.4 is 4.74 Å². The Bertz CT molecular complexity index is 956. The summed E-state index contributed by atoms with van der Waals surface area (Å²) in [7, 11) is 0. The molecule has 29 heavy (non-hydrogen) atoms. The lowest BCUT2D eigenvalue weighted by Gasteiger charge is -2.34. The second-order valence-electron chi connectivity index (χ2n) is 6.46. The van der Waals surface area contributed by atoms with Gasteiger partial charge < -0.3 is 14.2 Å². The molecule has 2 aromatic heterocycles. The normalized spacial score (nSPS) is 15.1. The van der Waals surface area contributed by atoms with Crippen LogP contribution in [0.3, 0.4) is 0 Å². The first kappa shape index (κ1) is 19.5. The van der Waals surface area contributed by atoms with Gasteiger partial charge in [0.15, 0.2) is 0 Å². The molecule has 0 radical (unpaired) electrons. The zero-order valence-electron chi connectivity index (χ0n) is 15.3. The number of rotatable bonds is 6. The van der Waals surface area contributed by atoms with Crippen molar-refractivity contribution in [2.45, 2.75) is 13.2 Å². The Labute approximate surface area is 169 Å². The molecule has 0 atom stereocenters. The van der Waals surface area contributed by atoms with E-state index in [1.165, 1.54) is 18.2 Å². The highest BCUT2D eigenvalue weighted by Gasteiger charge is 2.24. The van der Waals surface area contributed by atoms with Crippen molar-refractivity contribution in [3.05, 3.63) is 53.2 Å². The zero-order valence-corrected chi connectivity index (χ0v) is 16.1. The maximum absolute atomic E-state index is 12.7. The van der Waals surface area contributed by atoms with Crippen LogP contribution in [-0.2, 0) is 6.54 Å². The van der Waals surface area contributed by atoms with Crippen LogP contribution in [0.15, 0.2) is 46.3 Å². The minimum atomic E-state index is -2.92.